The Morgan fingerprint density at radius 2 is 1.70 bits per heavy atom. The predicted octanol–water partition coefficient (Wildman–Crippen LogP) is 1.96. The van der Waals surface area contributed by atoms with Crippen molar-refractivity contribution >= 4 is 18.0 Å². The summed E-state index contributed by atoms with van der Waals surface area (Å²) >= 11 is 0. The first-order valence-electron chi connectivity index (χ1n) is 9.50. The second-order valence-corrected chi connectivity index (χ2v) is 8.84. The third-order valence-electron chi connectivity index (χ3n) is 3.15. The normalized spacial score (nSPS) is 13.6. The molecule has 158 valence electrons. The molecule has 2 amide bonds. The van der Waals surface area contributed by atoms with Gasteiger partial charge in [0, 0.05) is 32.2 Å². The third-order valence-corrected chi connectivity index (χ3v) is 3.15. The van der Waals surface area contributed by atoms with Gasteiger partial charge in [0.25, 0.3) is 0 Å². The smallest absolute Gasteiger partial charge is 0.410 e. The fourth-order valence-corrected chi connectivity index (χ4v) is 2.17. The van der Waals surface area contributed by atoms with E-state index in [1.54, 1.807) is 11.9 Å². The Kier molecular flexibility index (Phi) is 10.2. The zero-order valence-electron chi connectivity index (χ0n) is 18.5. The maximum atomic E-state index is 12.0. The molecule has 0 aromatic rings. The molecule has 0 rings (SSSR count). The monoisotopic (exact) mass is 385 g/mol. The second-order valence-electron chi connectivity index (χ2n) is 8.84. The molecule has 0 aliphatic heterocycles. The van der Waals surface area contributed by atoms with Crippen molar-refractivity contribution in [2.45, 2.75) is 66.5 Å². The Hall–Kier alpha value is -1.99. The minimum Gasteiger partial charge on any atom is -0.444 e. The summed E-state index contributed by atoms with van der Waals surface area (Å²) in [6.07, 6.45) is -0.339. The summed E-state index contributed by atoms with van der Waals surface area (Å²) in [5.74, 6) is 0.625. The molecule has 0 bridgehead atoms. The molecule has 0 radical (unpaired) electrons. The zero-order valence-corrected chi connectivity index (χ0v) is 18.5. The lowest BCUT2D eigenvalue weighted by molar-refractivity contribution is -0.121. The van der Waals surface area contributed by atoms with Crippen LogP contribution in [0.2, 0.25) is 0 Å². The highest BCUT2D eigenvalue weighted by molar-refractivity contribution is 5.85. The molecule has 0 saturated heterocycles. The van der Waals surface area contributed by atoms with Crippen LogP contribution in [0.4, 0.5) is 4.79 Å². The fraction of sp³-hybridized carbons (Fsp3) is 0.842. The van der Waals surface area contributed by atoms with Crippen LogP contribution >= 0.6 is 0 Å². The molecule has 8 heteroatoms. The largest absolute Gasteiger partial charge is 0.444 e. The number of amides is 2. The van der Waals surface area contributed by atoms with E-state index >= 15 is 0 Å². The molecule has 3 N–H and O–H groups in total. The van der Waals surface area contributed by atoms with E-state index in [9.17, 15) is 9.59 Å². The van der Waals surface area contributed by atoms with Gasteiger partial charge in [-0.3, -0.25) is 4.79 Å². The lowest BCUT2D eigenvalue weighted by Gasteiger charge is -2.26. The third kappa shape index (κ3) is 13.8. The zero-order chi connectivity index (χ0) is 21.3. The van der Waals surface area contributed by atoms with Crippen LogP contribution in [0, 0.1) is 5.92 Å². The number of rotatable bonds is 7. The van der Waals surface area contributed by atoms with Crippen LogP contribution in [0.3, 0.4) is 0 Å². The van der Waals surface area contributed by atoms with Crippen LogP contribution in [0.25, 0.3) is 0 Å². The Morgan fingerprint density at radius 1 is 1.11 bits per heavy atom. The van der Waals surface area contributed by atoms with Crippen LogP contribution in [0.5, 0.6) is 0 Å². The number of hydrogen-bond donors (Lipinski definition) is 3. The number of guanidine groups is 1. The van der Waals surface area contributed by atoms with Gasteiger partial charge in [0.1, 0.15) is 12.1 Å². The summed E-state index contributed by atoms with van der Waals surface area (Å²) in [5, 5.41) is 9.21. The van der Waals surface area contributed by atoms with E-state index in [2.05, 4.69) is 20.9 Å². The number of carbonyl (C=O) groups excluding carboxylic acids is 2. The summed E-state index contributed by atoms with van der Waals surface area (Å²) in [6, 6.07) is 0. The lowest BCUT2D eigenvalue weighted by Crippen LogP contribution is -2.44. The SMILES string of the molecule is CCNC(=NCC(=O)NC(C)(C)C)NCC(C)CN(C)C(=O)OC(C)(C)C. The first-order valence-corrected chi connectivity index (χ1v) is 9.50. The van der Waals surface area contributed by atoms with Crippen LogP contribution in [-0.2, 0) is 9.53 Å². The molecule has 1 atom stereocenters. The molecule has 0 heterocycles. The maximum Gasteiger partial charge on any atom is 0.410 e. The van der Waals surface area contributed by atoms with Crippen molar-refractivity contribution in [3.05, 3.63) is 0 Å². The number of nitrogens with zero attached hydrogens (tertiary/aromatic N) is 2. The minimum absolute atomic E-state index is 0.0544. The van der Waals surface area contributed by atoms with Gasteiger partial charge < -0.3 is 25.6 Å². The van der Waals surface area contributed by atoms with Crippen LogP contribution in [0.15, 0.2) is 4.99 Å². The van der Waals surface area contributed by atoms with E-state index in [0.29, 0.717) is 25.6 Å². The summed E-state index contributed by atoms with van der Waals surface area (Å²) in [7, 11) is 1.72. The number of carbonyl (C=O) groups is 2. The maximum absolute atomic E-state index is 12.0. The van der Waals surface area contributed by atoms with Gasteiger partial charge in [-0.25, -0.2) is 9.79 Å². The predicted molar refractivity (Wildman–Crippen MR) is 110 cm³/mol. The highest BCUT2D eigenvalue weighted by Gasteiger charge is 2.21. The summed E-state index contributed by atoms with van der Waals surface area (Å²) < 4.78 is 5.36. The molecule has 0 fully saturated rings. The standard InChI is InChI=1S/C19H39N5O3/c1-10-20-16(22-12-15(25)23-18(3,4)5)21-11-14(2)13-24(9)17(26)27-19(6,7)8/h14H,10-13H2,1-9H3,(H,23,25)(H2,20,21,22). The van der Waals surface area contributed by atoms with E-state index in [-0.39, 0.29) is 30.0 Å². The van der Waals surface area contributed by atoms with Gasteiger partial charge in [0.15, 0.2) is 5.96 Å². The van der Waals surface area contributed by atoms with Crippen LogP contribution in [-0.4, -0.2) is 67.2 Å². The first-order chi connectivity index (χ1) is 12.2. The van der Waals surface area contributed by atoms with Crippen molar-refractivity contribution in [1.82, 2.24) is 20.9 Å². The molecule has 0 aliphatic rings. The molecule has 0 saturated carbocycles. The highest BCUT2D eigenvalue weighted by Crippen LogP contribution is 2.10. The lowest BCUT2D eigenvalue weighted by atomic mass is 10.1. The van der Waals surface area contributed by atoms with Crippen molar-refractivity contribution in [2.24, 2.45) is 10.9 Å². The van der Waals surface area contributed by atoms with Gasteiger partial charge in [-0.1, -0.05) is 6.92 Å². The van der Waals surface area contributed by atoms with Crippen molar-refractivity contribution in [1.29, 1.82) is 0 Å². The van der Waals surface area contributed by atoms with E-state index in [4.69, 9.17) is 4.74 Å². The topological polar surface area (TPSA) is 95.1 Å². The number of nitrogens with one attached hydrogen (secondary N) is 3. The Morgan fingerprint density at radius 3 is 2.19 bits per heavy atom. The average molecular weight is 386 g/mol. The van der Waals surface area contributed by atoms with Crippen molar-refractivity contribution in [2.75, 3.05) is 33.2 Å². The fourth-order valence-electron chi connectivity index (χ4n) is 2.17. The molecular weight excluding hydrogens is 346 g/mol. The average Bonchev–Trinajstić information content (AvgIpc) is 2.46. The van der Waals surface area contributed by atoms with Gasteiger partial charge in [0.05, 0.1) is 0 Å². The van der Waals surface area contributed by atoms with E-state index in [0.717, 1.165) is 0 Å². The Labute approximate surface area is 164 Å². The molecular formula is C19H39N5O3. The van der Waals surface area contributed by atoms with Gasteiger partial charge in [-0.05, 0) is 54.4 Å². The highest BCUT2D eigenvalue weighted by atomic mass is 16.6. The van der Waals surface area contributed by atoms with Gasteiger partial charge >= 0.3 is 6.09 Å². The molecule has 8 nitrogen and oxygen atoms in total. The molecule has 1 unspecified atom stereocenters. The van der Waals surface area contributed by atoms with Crippen molar-refractivity contribution < 1.29 is 14.3 Å². The minimum atomic E-state index is -0.509. The van der Waals surface area contributed by atoms with Crippen LogP contribution in [0.1, 0.15) is 55.4 Å². The number of ether oxygens (including phenoxy) is 1. The second kappa shape index (κ2) is 11.0. The number of hydrogen-bond acceptors (Lipinski definition) is 4. The summed E-state index contributed by atoms with van der Waals surface area (Å²) in [4.78, 5) is 29.8. The molecule has 0 aromatic heterocycles. The van der Waals surface area contributed by atoms with Gasteiger partial charge in [0.2, 0.25) is 5.91 Å². The summed E-state index contributed by atoms with van der Waals surface area (Å²) in [5.41, 5.74) is -0.787. The molecule has 0 spiro atoms. The van der Waals surface area contributed by atoms with E-state index < -0.39 is 5.60 Å². The van der Waals surface area contributed by atoms with E-state index in [1.165, 1.54) is 0 Å². The van der Waals surface area contributed by atoms with Gasteiger partial charge in [-0.15, -0.1) is 0 Å². The van der Waals surface area contributed by atoms with Crippen molar-refractivity contribution in [3.8, 4) is 0 Å². The first kappa shape index (κ1) is 25.0. The Bertz CT molecular complexity index is 506. The Balaban J connectivity index is 4.53. The molecule has 0 aliphatic carbocycles. The van der Waals surface area contributed by atoms with Gasteiger partial charge in [-0.2, -0.15) is 0 Å². The molecule has 27 heavy (non-hydrogen) atoms. The molecule has 0 aromatic carbocycles. The van der Waals surface area contributed by atoms with Crippen LogP contribution < -0.4 is 16.0 Å². The van der Waals surface area contributed by atoms with E-state index in [1.807, 2.05) is 55.4 Å². The van der Waals surface area contributed by atoms with Crippen molar-refractivity contribution in [3.63, 3.8) is 0 Å². The summed E-state index contributed by atoms with van der Waals surface area (Å²) in [6.45, 7) is 17.2. The quantitative estimate of drug-likeness (QED) is 0.460. The number of aliphatic imine (C=N–C) groups is 1.